The topological polar surface area (TPSA) is 60.4 Å². The average Bonchev–Trinajstić information content (AvgIpc) is 2.81. The molecule has 4 nitrogen and oxygen atoms in total. The minimum atomic E-state index is -8.93. The van der Waals surface area contributed by atoms with Crippen molar-refractivity contribution in [2.75, 3.05) is 12.0 Å². The van der Waals surface area contributed by atoms with Crippen LogP contribution in [-0.2, 0) is 18.5 Å². The largest absolute Gasteiger partial charge is 0.460 e. The molecule has 0 radical (unpaired) electrons. The van der Waals surface area contributed by atoms with Gasteiger partial charge < -0.3 is 0 Å². The lowest BCUT2D eigenvalue weighted by atomic mass is 9.87. The molecule has 0 aliphatic heterocycles. The van der Waals surface area contributed by atoms with Crippen LogP contribution < -0.4 is 0 Å². The summed E-state index contributed by atoms with van der Waals surface area (Å²) in [5, 5.41) is -7.79. The van der Waals surface area contributed by atoms with Gasteiger partial charge in [-0.1, -0.05) is 40.0 Å². The molecule has 44 heavy (non-hydrogen) atoms. The molecule has 0 amide bonds. The first kappa shape index (κ1) is 40.8. The maximum atomic E-state index is 14.6. The number of hydrogen-bond acceptors (Lipinski definition) is 4. The van der Waals surface area contributed by atoms with Gasteiger partial charge in [-0.3, -0.25) is 4.79 Å². The Kier molecular flexibility index (Phi) is 10.6. The van der Waals surface area contributed by atoms with Crippen molar-refractivity contribution in [3.05, 3.63) is 0 Å². The fourth-order valence-corrected chi connectivity index (χ4v) is 8.29. The molecular formula is C21H25F17O4S2. The Morgan fingerprint density at radius 1 is 0.614 bits per heavy atom. The molecule has 0 bridgehead atoms. The number of halogens is 17. The zero-order chi connectivity index (χ0) is 35.6. The summed E-state index contributed by atoms with van der Waals surface area (Å²) in [5.74, 6) is -55.0. The van der Waals surface area contributed by atoms with Crippen LogP contribution in [0.1, 0.15) is 52.9 Å². The predicted octanol–water partition coefficient (Wildman–Crippen LogP) is 8.60. The van der Waals surface area contributed by atoms with E-state index in [-0.39, 0.29) is 12.8 Å². The van der Waals surface area contributed by atoms with Crippen LogP contribution in [-0.4, -0.2) is 77.9 Å². The molecular weight excluding hydrogens is 703 g/mol. The summed E-state index contributed by atoms with van der Waals surface area (Å²) in [6, 6.07) is 0. The van der Waals surface area contributed by atoms with E-state index >= 15 is 0 Å². The summed E-state index contributed by atoms with van der Waals surface area (Å²) in [6.45, 7) is 2.94. The van der Waals surface area contributed by atoms with Crippen LogP contribution in [0.5, 0.6) is 0 Å². The second kappa shape index (κ2) is 11.5. The highest BCUT2D eigenvalue weighted by Crippen LogP contribution is 2.66. The molecule has 0 heterocycles. The van der Waals surface area contributed by atoms with E-state index in [2.05, 4.69) is 3.63 Å². The van der Waals surface area contributed by atoms with Crippen molar-refractivity contribution >= 4 is 26.2 Å². The number of hydrogen-bond donors (Lipinski definition) is 0. The first-order chi connectivity index (χ1) is 18.9. The monoisotopic (exact) mass is 728 g/mol. The molecule has 0 N–H and O–H groups in total. The van der Waals surface area contributed by atoms with E-state index in [4.69, 9.17) is 0 Å². The molecule has 0 aromatic rings. The molecule has 1 atom stereocenters. The molecule has 0 aromatic heterocycles. The quantitative estimate of drug-likeness (QED) is 0.189. The van der Waals surface area contributed by atoms with E-state index < -0.39 is 89.6 Å². The van der Waals surface area contributed by atoms with Gasteiger partial charge >= 0.3 is 57.1 Å². The summed E-state index contributed by atoms with van der Waals surface area (Å²) in [5.41, 5.74) is 0. The van der Waals surface area contributed by atoms with E-state index in [1.807, 2.05) is 0 Å². The van der Waals surface area contributed by atoms with E-state index in [0.717, 1.165) is 20.8 Å². The van der Waals surface area contributed by atoms with E-state index in [1.54, 1.807) is 0 Å². The van der Waals surface area contributed by atoms with Crippen LogP contribution in [0.15, 0.2) is 0 Å². The number of rotatable bonds is 12. The lowest BCUT2D eigenvalue weighted by Gasteiger charge is -2.47. The van der Waals surface area contributed by atoms with Crippen LogP contribution in [0.25, 0.3) is 0 Å². The molecule has 1 aliphatic rings. The Labute approximate surface area is 240 Å². The van der Waals surface area contributed by atoms with Gasteiger partial charge in [-0.05, 0) is 19.1 Å². The van der Waals surface area contributed by atoms with Gasteiger partial charge in [-0.15, -0.1) is 10.3 Å². The number of carbonyl (C=O) groups is 1. The second-order valence-corrected chi connectivity index (χ2v) is 16.5. The van der Waals surface area contributed by atoms with Crippen LogP contribution in [0, 0.1) is 5.92 Å². The minimum absolute atomic E-state index is 0.201. The predicted molar refractivity (Wildman–Crippen MR) is 120 cm³/mol. The van der Waals surface area contributed by atoms with Gasteiger partial charge in [0.15, 0.2) is 0 Å². The molecule has 23 heteroatoms. The summed E-state index contributed by atoms with van der Waals surface area (Å²) in [4.78, 5) is 12.7. The number of carbonyl (C=O) groups excluding carboxylic acids is 1. The fourth-order valence-electron chi connectivity index (χ4n) is 3.70. The molecule has 1 saturated carbocycles. The highest BCUT2D eigenvalue weighted by atomic mass is 32.3. The van der Waals surface area contributed by atoms with Crippen LogP contribution in [0.3, 0.4) is 0 Å². The lowest BCUT2D eigenvalue weighted by molar-refractivity contribution is -0.458. The number of ketones is 1. The average molecular weight is 729 g/mol. The van der Waals surface area contributed by atoms with Crippen molar-refractivity contribution < 1.29 is 91.5 Å². The van der Waals surface area contributed by atoms with Crippen molar-refractivity contribution in [3.8, 4) is 0 Å². The van der Waals surface area contributed by atoms with Crippen molar-refractivity contribution in [2.24, 2.45) is 5.92 Å². The third kappa shape index (κ3) is 6.10. The third-order valence-electron chi connectivity index (χ3n) is 7.02. The van der Waals surface area contributed by atoms with Gasteiger partial charge in [0.2, 0.25) is 0 Å². The Morgan fingerprint density at radius 3 is 1.30 bits per heavy atom. The molecule has 0 spiro atoms. The van der Waals surface area contributed by atoms with Crippen LogP contribution in [0.4, 0.5) is 74.6 Å². The van der Waals surface area contributed by atoms with Crippen LogP contribution >= 0.6 is 10.3 Å². The molecule has 1 unspecified atom stereocenters. The van der Waals surface area contributed by atoms with Crippen molar-refractivity contribution in [3.63, 3.8) is 0 Å². The Hall–Kier alpha value is -1.26. The Balaban J connectivity index is 3.70. The van der Waals surface area contributed by atoms with Crippen molar-refractivity contribution in [2.45, 2.75) is 105 Å². The summed E-state index contributed by atoms with van der Waals surface area (Å²) in [6.07, 6.45) is -5.30. The maximum Gasteiger partial charge on any atom is 0.460 e. The number of alkyl halides is 17. The summed E-state index contributed by atoms with van der Waals surface area (Å²) >= 11 is 0. The second-order valence-electron chi connectivity index (χ2n) is 11.0. The Bertz CT molecular complexity index is 1170. The third-order valence-corrected chi connectivity index (χ3v) is 13.2. The Morgan fingerprint density at radius 2 is 0.955 bits per heavy atom. The van der Waals surface area contributed by atoms with Gasteiger partial charge in [-0.2, -0.15) is 83.1 Å². The van der Waals surface area contributed by atoms with Gasteiger partial charge in [0.05, 0.1) is 5.75 Å². The molecule has 264 valence electrons. The summed E-state index contributed by atoms with van der Waals surface area (Å²) < 4.78 is 258. The smallest absolute Gasteiger partial charge is 0.298 e. The van der Waals surface area contributed by atoms with Crippen LogP contribution in [0.2, 0.25) is 0 Å². The first-order valence-corrected chi connectivity index (χ1v) is 15.4. The molecule has 1 rings (SSSR count). The highest BCUT2D eigenvalue weighted by Gasteiger charge is 2.96. The molecule has 0 aromatic carbocycles. The van der Waals surface area contributed by atoms with Gasteiger partial charge in [0.25, 0.3) is 0 Å². The maximum absolute atomic E-state index is 14.6. The van der Waals surface area contributed by atoms with Crippen molar-refractivity contribution in [1.29, 1.82) is 0 Å². The number of Topliss-reactive ketones (excluding diaryl/α,β-unsaturated/α-hetero) is 1. The fraction of sp³-hybridized carbons (Fsp3) is 0.952. The van der Waals surface area contributed by atoms with Crippen molar-refractivity contribution in [1.82, 2.24) is 0 Å². The highest BCUT2D eigenvalue weighted by molar-refractivity contribution is 8.34. The normalized spacial score (nSPS) is 20.3. The van der Waals surface area contributed by atoms with E-state index in [9.17, 15) is 87.8 Å². The standard InChI is InChI=1S/C21H25F17O4S2/c1-13(2,3)43(4,10-12(39)11-8-6-5-7-9-11)42-44(40,41)21(37,38)19(32,33)17(28,29)15(24,25)14(22,23)16(26,27)18(30,31)20(34,35)36/h11H,5-10H2,1-4H3. The van der Waals surface area contributed by atoms with Gasteiger partial charge in [-0.25, -0.2) is 3.63 Å². The zero-order valence-corrected chi connectivity index (χ0v) is 24.3. The summed E-state index contributed by atoms with van der Waals surface area (Å²) in [7, 11) is -11.8. The SMILES string of the molecule is CC(C)(C)S(C)(CC(=O)C1CCCCC1)OS(=O)(=O)C(F)(F)C(F)(F)C(F)(F)C(F)(F)C(F)(F)C(F)(F)C(F)(F)C(F)(F)F. The zero-order valence-electron chi connectivity index (χ0n) is 22.7. The first-order valence-electron chi connectivity index (χ1n) is 11.9. The molecule has 0 saturated heterocycles. The minimum Gasteiger partial charge on any atom is -0.298 e. The molecule has 1 fully saturated rings. The lowest BCUT2D eigenvalue weighted by Crippen LogP contribution is -2.75. The molecule has 1 aliphatic carbocycles. The van der Waals surface area contributed by atoms with E-state index in [1.165, 1.54) is 0 Å². The van der Waals surface area contributed by atoms with Gasteiger partial charge in [0, 0.05) is 10.7 Å². The van der Waals surface area contributed by atoms with E-state index in [0.29, 0.717) is 25.5 Å². The van der Waals surface area contributed by atoms with Gasteiger partial charge in [0.1, 0.15) is 5.78 Å².